The minimum Gasteiger partial charge on any atom is -0.348 e. The quantitative estimate of drug-likeness (QED) is 0.871. The Labute approximate surface area is 132 Å². The van der Waals surface area contributed by atoms with Crippen LogP contribution in [-0.4, -0.2) is 12.2 Å². The predicted molar refractivity (Wildman–Crippen MR) is 85.6 cm³/mol. The van der Waals surface area contributed by atoms with Gasteiger partial charge in [0.1, 0.15) is 0 Å². The SMILES string of the molecule is CSc1ccc(Cl)c(C(=O)NCc2ccc(C#N)cc2)c1. The van der Waals surface area contributed by atoms with Crippen LogP contribution < -0.4 is 5.32 Å². The molecule has 0 saturated heterocycles. The first-order valence-corrected chi connectivity index (χ1v) is 7.85. The molecule has 3 nitrogen and oxygen atoms in total. The van der Waals surface area contributed by atoms with Crippen LogP contribution in [0.5, 0.6) is 0 Å². The molecule has 2 rings (SSSR count). The molecule has 0 saturated carbocycles. The van der Waals surface area contributed by atoms with Gasteiger partial charge in [-0.2, -0.15) is 5.26 Å². The van der Waals surface area contributed by atoms with Gasteiger partial charge in [-0.05, 0) is 42.2 Å². The van der Waals surface area contributed by atoms with Crippen LogP contribution in [0.2, 0.25) is 5.02 Å². The Bertz CT molecular complexity index is 692. The molecule has 2 aromatic rings. The van der Waals surface area contributed by atoms with Crippen molar-refractivity contribution in [1.82, 2.24) is 5.32 Å². The Morgan fingerprint density at radius 3 is 2.62 bits per heavy atom. The molecular formula is C16H13ClN2OS. The van der Waals surface area contributed by atoms with Gasteiger partial charge < -0.3 is 5.32 Å². The lowest BCUT2D eigenvalue weighted by atomic mass is 10.1. The average Bonchev–Trinajstić information content (AvgIpc) is 2.53. The fourth-order valence-electron chi connectivity index (χ4n) is 1.78. The summed E-state index contributed by atoms with van der Waals surface area (Å²) in [6, 6.07) is 14.5. The van der Waals surface area contributed by atoms with E-state index < -0.39 is 0 Å². The zero-order valence-electron chi connectivity index (χ0n) is 11.4. The number of amides is 1. The third-order valence-electron chi connectivity index (χ3n) is 2.95. The van der Waals surface area contributed by atoms with E-state index in [0.29, 0.717) is 22.7 Å². The number of rotatable bonds is 4. The highest BCUT2D eigenvalue weighted by Crippen LogP contribution is 2.23. The minimum atomic E-state index is -0.208. The number of nitrogens with zero attached hydrogens (tertiary/aromatic N) is 1. The van der Waals surface area contributed by atoms with Crippen molar-refractivity contribution in [2.75, 3.05) is 6.26 Å². The van der Waals surface area contributed by atoms with E-state index in [0.717, 1.165) is 10.5 Å². The molecule has 0 radical (unpaired) electrons. The van der Waals surface area contributed by atoms with E-state index in [-0.39, 0.29) is 5.91 Å². The highest BCUT2D eigenvalue weighted by molar-refractivity contribution is 7.98. The molecule has 106 valence electrons. The first-order valence-electron chi connectivity index (χ1n) is 6.25. The van der Waals surface area contributed by atoms with Crippen LogP contribution in [0.4, 0.5) is 0 Å². The van der Waals surface area contributed by atoms with Gasteiger partial charge in [-0.1, -0.05) is 23.7 Å². The van der Waals surface area contributed by atoms with Gasteiger partial charge in [0.2, 0.25) is 0 Å². The van der Waals surface area contributed by atoms with E-state index in [1.165, 1.54) is 0 Å². The Hall–Kier alpha value is -1.96. The third kappa shape index (κ3) is 4.01. The van der Waals surface area contributed by atoms with Crippen molar-refractivity contribution in [2.45, 2.75) is 11.4 Å². The summed E-state index contributed by atoms with van der Waals surface area (Å²) in [7, 11) is 0. The Morgan fingerprint density at radius 1 is 1.29 bits per heavy atom. The molecule has 1 N–H and O–H groups in total. The van der Waals surface area contributed by atoms with Crippen molar-refractivity contribution in [3.8, 4) is 6.07 Å². The monoisotopic (exact) mass is 316 g/mol. The zero-order chi connectivity index (χ0) is 15.2. The van der Waals surface area contributed by atoms with Crippen LogP contribution in [0.3, 0.4) is 0 Å². The summed E-state index contributed by atoms with van der Waals surface area (Å²) in [4.78, 5) is 13.2. The smallest absolute Gasteiger partial charge is 0.253 e. The van der Waals surface area contributed by atoms with Gasteiger partial charge in [0.15, 0.2) is 0 Å². The van der Waals surface area contributed by atoms with Crippen LogP contribution >= 0.6 is 23.4 Å². The largest absolute Gasteiger partial charge is 0.348 e. The van der Waals surface area contributed by atoms with Crippen LogP contribution in [0.25, 0.3) is 0 Å². The number of benzene rings is 2. The summed E-state index contributed by atoms with van der Waals surface area (Å²) >= 11 is 7.62. The van der Waals surface area contributed by atoms with E-state index >= 15 is 0 Å². The lowest BCUT2D eigenvalue weighted by molar-refractivity contribution is 0.0951. The minimum absolute atomic E-state index is 0.208. The van der Waals surface area contributed by atoms with Gasteiger partial charge >= 0.3 is 0 Å². The molecule has 0 atom stereocenters. The van der Waals surface area contributed by atoms with Crippen molar-refractivity contribution in [3.05, 3.63) is 64.2 Å². The molecular weight excluding hydrogens is 304 g/mol. The molecule has 5 heteroatoms. The average molecular weight is 317 g/mol. The summed E-state index contributed by atoms with van der Waals surface area (Å²) in [5.41, 5.74) is 2.00. The summed E-state index contributed by atoms with van der Waals surface area (Å²) in [6.45, 7) is 0.393. The van der Waals surface area contributed by atoms with E-state index in [2.05, 4.69) is 11.4 Å². The predicted octanol–water partition coefficient (Wildman–Crippen LogP) is 3.86. The highest BCUT2D eigenvalue weighted by atomic mass is 35.5. The lowest BCUT2D eigenvalue weighted by Crippen LogP contribution is -2.23. The Balaban J connectivity index is 2.06. The van der Waals surface area contributed by atoms with Crippen LogP contribution in [-0.2, 0) is 6.54 Å². The molecule has 0 aliphatic carbocycles. The molecule has 0 unspecified atom stereocenters. The maximum absolute atomic E-state index is 12.2. The summed E-state index contributed by atoms with van der Waals surface area (Å²) in [5.74, 6) is -0.208. The van der Waals surface area contributed by atoms with Crippen LogP contribution in [0.1, 0.15) is 21.5 Å². The van der Waals surface area contributed by atoms with Crippen LogP contribution in [0, 0.1) is 11.3 Å². The second-order valence-electron chi connectivity index (χ2n) is 4.34. The van der Waals surface area contributed by atoms with E-state index in [9.17, 15) is 4.79 Å². The maximum atomic E-state index is 12.2. The van der Waals surface area contributed by atoms with E-state index in [1.807, 2.05) is 24.5 Å². The summed E-state index contributed by atoms with van der Waals surface area (Å²) < 4.78 is 0. The van der Waals surface area contributed by atoms with E-state index in [1.54, 1.807) is 36.0 Å². The zero-order valence-corrected chi connectivity index (χ0v) is 13.0. The maximum Gasteiger partial charge on any atom is 0.253 e. The van der Waals surface area contributed by atoms with Crippen LogP contribution in [0.15, 0.2) is 47.4 Å². The molecule has 0 bridgehead atoms. The number of halogens is 1. The summed E-state index contributed by atoms with van der Waals surface area (Å²) in [5, 5.41) is 12.0. The molecule has 0 aliphatic rings. The second kappa shape index (κ2) is 7.16. The molecule has 0 aliphatic heterocycles. The normalized spacial score (nSPS) is 9.95. The van der Waals surface area contributed by atoms with Gasteiger partial charge in [0.05, 0.1) is 22.2 Å². The number of hydrogen-bond donors (Lipinski definition) is 1. The van der Waals surface area contributed by atoms with Crippen molar-refractivity contribution >= 4 is 29.3 Å². The molecule has 21 heavy (non-hydrogen) atoms. The molecule has 1 amide bonds. The topological polar surface area (TPSA) is 52.9 Å². The van der Waals surface area contributed by atoms with Gasteiger partial charge in [-0.25, -0.2) is 0 Å². The van der Waals surface area contributed by atoms with Crippen molar-refractivity contribution < 1.29 is 4.79 Å². The standard InChI is InChI=1S/C16H13ClN2OS/c1-21-13-6-7-15(17)14(8-13)16(20)19-10-12-4-2-11(9-18)3-5-12/h2-8H,10H2,1H3,(H,19,20). The molecule has 0 spiro atoms. The van der Waals surface area contributed by atoms with Crippen molar-refractivity contribution in [2.24, 2.45) is 0 Å². The molecule has 0 aromatic heterocycles. The first kappa shape index (κ1) is 15.4. The van der Waals surface area contributed by atoms with E-state index in [4.69, 9.17) is 16.9 Å². The number of nitriles is 1. The number of thioether (sulfide) groups is 1. The summed E-state index contributed by atoms with van der Waals surface area (Å²) in [6.07, 6.45) is 1.95. The fourth-order valence-corrected chi connectivity index (χ4v) is 2.42. The van der Waals surface area contributed by atoms with Crippen molar-refractivity contribution in [1.29, 1.82) is 5.26 Å². The highest BCUT2D eigenvalue weighted by Gasteiger charge is 2.10. The second-order valence-corrected chi connectivity index (χ2v) is 5.62. The molecule has 2 aromatic carbocycles. The lowest BCUT2D eigenvalue weighted by Gasteiger charge is -2.08. The number of nitrogens with one attached hydrogen (secondary N) is 1. The third-order valence-corrected chi connectivity index (χ3v) is 4.01. The molecule has 0 fully saturated rings. The number of carbonyl (C=O) groups excluding carboxylic acids is 1. The Kier molecular flexibility index (Phi) is 5.26. The van der Waals surface area contributed by atoms with Gasteiger partial charge in [-0.15, -0.1) is 11.8 Å². The van der Waals surface area contributed by atoms with Gasteiger partial charge in [-0.3, -0.25) is 4.79 Å². The molecule has 0 heterocycles. The Morgan fingerprint density at radius 2 is 2.00 bits per heavy atom. The number of carbonyl (C=O) groups is 1. The number of hydrogen-bond acceptors (Lipinski definition) is 3. The van der Waals surface area contributed by atoms with Gasteiger partial charge in [0.25, 0.3) is 5.91 Å². The van der Waals surface area contributed by atoms with Gasteiger partial charge in [0, 0.05) is 11.4 Å². The fraction of sp³-hybridized carbons (Fsp3) is 0.125. The first-order chi connectivity index (χ1) is 10.1. The van der Waals surface area contributed by atoms with Crippen molar-refractivity contribution in [3.63, 3.8) is 0 Å².